The van der Waals surface area contributed by atoms with E-state index in [1.54, 1.807) is 12.1 Å². The van der Waals surface area contributed by atoms with Gasteiger partial charge in [-0.15, -0.1) is 0 Å². The fourth-order valence-corrected chi connectivity index (χ4v) is 3.71. The average Bonchev–Trinajstić information content (AvgIpc) is 2.82. The lowest BCUT2D eigenvalue weighted by atomic mass is 10.1. The summed E-state index contributed by atoms with van der Waals surface area (Å²) in [5.41, 5.74) is 0.114. The summed E-state index contributed by atoms with van der Waals surface area (Å²) in [7, 11) is 0. The summed E-state index contributed by atoms with van der Waals surface area (Å²) >= 11 is 0. The molecular formula is C29H50O4. The summed E-state index contributed by atoms with van der Waals surface area (Å²) in [4.78, 5) is 23.0. The number of carboxylic acid groups (broad SMARTS) is 1. The highest BCUT2D eigenvalue weighted by molar-refractivity contribution is 6.02. The van der Waals surface area contributed by atoms with Crippen LogP contribution >= 0.6 is 0 Å². The Bertz CT molecular complexity index is 591. The summed E-state index contributed by atoms with van der Waals surface area (Å²) < 4.78 is 5.19. The second kappa shape index (κ2) is 23.3. The maximum absolute atomic E-state index is 11.9. The third kappa shape index (κ3) is 18.3. The van der Waals surface area contributed by atoms with E-state index in [1.807, 2.05) is 0 Å². The van der Waals surface area contributed by atoms with Crippen LogP contribution in [0.3, 0.4) is 0 Å². The number of hydrogen-bond donors (Lipinski definition) is 1. The zero-order chi connectivity index (χ0) is 24.6. The lowest BCUT2D eigenvalue weighted by Gasteiger charge is -2.07. The summed E-state index contributed by atoms with van der Waals surface area (Å²) in [5.74, 6) is -1.66. The number of unbranched alkanes of at least 4 members (excludes halogenated alkanes) is 15. The number of carbonyl (C=O) groups is 2. The van der Waals surface area contributed by atoms with Gasteiger partial charge in [0.2, 0.25) is 0 Å². The summed E-state index contributed by atoms with van der Waals surface area (Å²) in [6.07, 6.45) is 22.2. The Balaban J connectivity index is 0.000000960. The van der Waals surface area contributed by atoms with Crippen molar-refractivity contribution in [1.82, 2.24) is 0 Å². The Morgan fingerprint density at radius 1 is 0.606 bits per heavy atom. The van der Waals surface area contributed by atoms with Crippen LogP contribution in [0.25, 0.3) is 0 Å². The van der Waals surface area contributed by atoms with E-state index in [0.29, 0.717) is 6.61 Å². The van der Waals surface area contributed by atoms with Crippen LogP contribution in [-0.2, 0) is 4.74 Å². The van der Waals surface area contributed by atoms with Crippen molar-refractivity contribution in [3.05, 3.63) is 35.4 Å². The molecule has 1 aromatic rings. The molecule has 0 aliphatic heterocycles. The Labute approximate surface area is 203 Å². The molecule has 1 aromatic carbocycles. The maximum atomic E-state index is 11.9. The second-order valence-corrected chi connectivity index (χ2v) is 8.94. The van der Waals surface area contributed by atoms with Gasteiger partial charge in [0, 0.05) is 0 Å². The van der Waals surface area contributed by atoms with E-state index in [1.165, 1.54) is 102 Å². The molecule has 0 aliphatic rings. The van der Waals surface area contributed by atoms with Crippen LogP contribution in [0.4, 0.5) is 0 Å². The number of benzene rings is 1. The predicted octanol–water partition coefficient (Wildman–Crippen LogP) is 9.22. The zero-order valence-corrected chi connectivity index (χ0v) is 21.7. The Hall–Kier alpha value is -1.84. The van der Waals surface area contributed by atoms with Crippen LogP contribution in [0.15, 0.2) is 24.3 Å². The molecule has 0 saturated heterocycles. The van der Waals surface area contributed by atoms with Gasteiger partial charge in [0.15, 0.2) is 0 Å². The monoisotopic (exact) mass is 462 g/mol. The fraction of sp³-hybridized carbons (Fsp3) is 0.724. The summed E-state index contributed by atoms with van der Waals surface area (Å²) in [6.45, 7) is 7.11. The van der Waals surface area contributed by atoms with Crippen LogP contribution in [0.1, 0.15) is 151 Å². The van der Waals surface area contributed by atoms with E-state index in [0.717, 1.165) is 19.3 Å². The largest absolute Gasteiger partial charge is 0.478 e. The fourth-order valence-electron chi connectivity index (χ4n) is 3.71. The highest BCUT2D eigenvalue weighted by atomic mass is 16.5. The van der Waals surface area contributed by atoms with E-state index < -0.39 is 11.9 Å². The van der Waals surface area contributed by atoms with Crippen molar-refractivity contribution in [3.63, 3.8) is 0 Å². The smallest absolute Gasteiger partial charge is 0.339 e. The van der Waals surface area contributed by atoms with Gasteiger partial charge >= 0.3 is 11.9 Å². The topological polar surface area (TPSA) is 63.6 Å². The third-order valence-corrected chi connectivity index (χ3v) is 5.82. The van der Waals surface area contributed by atoms with Crippen molar-refractivity contribution in [2.45, 2.75) is 130 Å². The number of hydrogen-bond acceptors (Lipinski definition) is 3. The molecule has 0 bridgehead atoms. The first-order valence-electron chi connectivity index (χ1n) is 13.6. The molecule has 0 radical (unpaired) electrons. The minimum absolute atomic E-state index is 0.00873. The van der Waals surface area contributed by atoms with Crippen LogP contribution in [0, 0.1) is 0 Å². The van der Waals surface area contributed by atoms with Gasteiger partial charge < -0.3 is 9.84 Å². The normalized spacial score (nSPS) is 10.4. The van der Waals surface area contributed by atoms with Gasteiger partial charge in [-0.1, -0.05) is 136 Å². The second-order valence-electron chi connectivity index (χ2n) is 8.94. The standard InChI is InChI=1S/C20H30O4.C9H20/c1-2-3-4-5-6-7-8-9-10-13-16-24-20(23)18-15-12-11-14-17(18)19(21)22;1-3-5-7-9-8-6-4-2/h11-12,14-15H,2-10,13,16H2,1H3,(H,21,22);3-9H2,1-2H3. The quantitative estimate of drug-likeness (QED) is 0.164. The van der Waals surface area contributed by atoms with Crippen molar-refractivity contribution < 1.29 is 19.4 Å². The van der Waals surface area contributed by atoms with Gasteiger partial charge in [0.1, 0.15) is 0 Å². The summed E-state index contributed by atoms with van der Waals surface area (Å²) in [5, 5.41) is 9.07. The molecule has 0 saturated carbocycles. The zero-order valence-electron chi connectivity index (χ0n) is 21.7. The first-order valence-corrected chi connectivity index (χ1v) is 13.6. The van der Waals surface area contributed by atoms with Crippen molar-refractivity contribution in [2.75, 3.05) is 6.61 Å². The molecule has 0 unspecified atom stereocenters. The summed E-state index contributed by atoms with van der Waals surface area (Å²) in [6, 6.07) is 6.15. The van der Waals surface area contributed by atoms with Crippen molar-refractivity contribution in [3.8, 4) is 0 Å². The Kier molecular flexibility index (Phi) is 22.0. The molecule has 4 heteroatoms. The van der Waals surface area contributed by atoms with E-state index in [2.05, 4.69) is 20.8 Å². The van der Waals surface area contributed by atoms with Crippen molar-refractivity contribution >= 4 is 11.9 Å². The minimum Gasteiger partial charge on any atom is -0.478 e. The highest BCUT2D eigenvalue weighted by Crippen LogP contribution is 2.13. The Morgan fingerprint density at radius 3 is 1.36 bits per heavy atom. The first-order chi connectivity index (χ1) is 16.1. The number of ether oxygens (including phenoxy) is 1. The van der Waals surface area contributed by atoms with Crippen LogP contribution < -0.4 is 0 Å². The molecule has 1 rings (SSSR count). The molecule has 1 N–H and O–H groups in total. The van der Waals surface area contributed by atoms with E-state index in [9.17, 15) is 9.59 Å². The maximum Gasteiger partial charge on any atom is 0.339 e. The Morgan fingerprint density at radius 2 is 0.970 bits per heavy atom. The van der Waals surface area contributed by atoms with Crippen LogP contribution in [-0.4, -0.2) is 23.7 Å². The third-order valence-electron chi connectivity index (χ3n) is 5.82. The van der Waals surface area contributed by atoms with Gasteiger partial charge in [0.25, 0.3) is 0 Å². The molecule has 0 heterocycles. The molecular weight excluding hydrogens is 412 g/mol. The van der Waals surface area contributed by atoms with Crippen molar-refractivity contribution in [1.29, 1.82) is 0 Å². The molecule has 0 amide bonds. The number of rotatable bonds is 19. The molecule has 4 nitrogen and oxygen atoms in total. The number of carboxylic acids is 1. The van der Waals surface area contributed by atoms with E-state index in [-0.39, 0.29) is 11.1 Å². The van der Waals surface area contributed by atoms with Crippen LogP contribution in [0.5, 0.6) is 0 Å². The lowest BCUT2D eigenvalue weighted by molar-refractivity contribution is 0.0487. The van der Waals surface area contributed by atoms with Gasteiger partial charge in [-0.2, -0.15) is 0 Å². The molecule has 33 heavy (non-hydrogen) atoms. The molecule has 0 spiro atoms. The molecule has 0 aromatic heterocycles. The molecule has 190 valence electrons. The SMILES string of the molecule is CCCCCCCCC.CCCCCCCCCCCCOC(=O)c1ccccc1C(=O)O. The van der Waals surface area contributed by atoms with E-state index >= 15 is 0 Å². The van der Waals surface area contributed by atoms with Gasteiger partial charge in [-0.25, -0.2) is 9.59 Å². The van der Waals surface area contributed by atoms with E-state index in [4.69, 9.17) is 9.84 Å². The molecule has 0 fully saturated rings. The average molecular weight is 463 g/mol. The lowest BCUT2D eigenvalue weighted by Crippen LogP contribution is -2.12. The first kappa shape index (κ1) is 31.2. The number of carbonyl (C=O) groups excluding carboxylic acids is 1. The number of esters is 1. The van der Waals surface area contributed by atoms with Gasteiger partial charge in [-0.3, -0.25) is 0 Å². The number of aromatic carboxylic acids is 1. The highest BCUT2D eigenvalue weighted by Gasteiger charge is 2.16. The van der Waals surface area contributed by atoms with Gasteiger partial charge in [-0.05, 0) is 18.6 Å². The minimum atomic E-state index is -1.11. The molecule has 0 atom stereocenters. The van der Waals surface area contributed by atoms with Crippen LogP contribution in [0.2, 0.25) is 0 Å². The molecule has 0 aliphatic carbocycles. The van der Waals surface area contributed by atoms with Gasteiger partial charge in [0.05, 0.1) is 17.7 Å². The van der Waals surface area contributed by atoms with Crippen molar-refractivity contribution in [2.24, 2.45) is 0 Å². The predicted molar refractivity (Wildman–Crippen MR) is 139 cm³/mol.